The van der Waals surface area contributed by atoms with Crippen molar-refractivity contribution in [3.8, 4) is 0 Å². The average molecular weight is 337 g/mol. The Bertz CT molecular complexity index is 617. The molecule has 1 aromatic rings. The topological polar surface area (TPSA) is 63.4 Å². The highest BCUT2D eigenvalue weighted by Gasteiger charge is 2.38. The number of rotatable bonds is 2. The summed E-state index contributed by atoms with van der Waals surface area (Å²) in [6, 6.07) is 4.37. The van der Waals surface area contributed by atoms with Crippen LogP contribution in [0, 0.1) is 5.41 Å². The first kappa shape index (κ1) is 16.0. The maximum Gasteiger partial charge on any atom is 0.243 e. The number of nitrogens with zero attached hydrogens (tertiary/aromatic N) is 1. The first-order valence-electron chi connectivity index (χ1n) is 6.35. The smallest absolute Gasteiger partial charge is 0.243 e. The third-order valence-electron chi connectivity index (χ3n) is 3.81. The van der Waals surface area contributed by atoms with Gasteiger partial charge in [-0.2, -0.15) is 4.31 Å². The first-order valence-corrected chi connectivity index (χ1v) is 8.55. The molecule has 0 radical (unpaired) electrons. The number of sulfonamides is 1. The van der Waals surface area contributed by atoms with E-state index in [9.17, 15) is 8.42 Å². The summed E-state index contributed by atoms with van der Waals surface area (Å²) in [7, 11) is -3.56. The molecule has 1 aromatic carbocycles. The molecule has 1 fully saturated rings. The Morgan fingerprint density at radius 2 is 1.95 bits per heavy atom. The normalized spacial score (nSPS) is 23.8. The maximum atomic E-state index is 12.6. The van der Waals surface area contributed by atoms with Crippen molar-refractivity contribution in [2.75, 3.05) is 13.1 Å². The van der Waals surface area contributed by atoms with E-state index in [1.165, 1.54) is 22.5 Å². The molecule has 0 saturated carbocycles. The molecule has 112 valence electrons. The van der Waals surface area contributed by atoms with Crippen molar-refractivity contribution in [1.29, 1.82) is 0 Å². The second kappa shape index (κ2) is 5.46. The van der Waals surface area contributed by atoms with Crippen LogP contribution in [0.4, 0.5) is 0 Å². The summed E-state index contributed by atoms with van der Waals surface area (Å²) in [5, 5.41) is 0.576. The quantitative estimate of drug-likeness (QED) is 0.903. The van der Waals surface area contributed by atoms with Gasteiger partial charge in [0.05, 0.1) is 14.9 Å². The lowest BCUT2D eigenvalue weighted by atomic mass is 9.81. The highest BCUT2D eigenvalue weighted by Crippen LogP contribution is 2.32. The zero-order valence-electron chi connectivity index (χ0n) is 11.4. The van der Waals surface area contributed by atoms with Crippen LogP contribution < -0.4 is 5.73 Å². The molecule has 2 N–H and O–H groups in total. The van der Waals surface area contributed by atoms with E-state index in [2.05, 4.69) is 0 Å². The molecule has 7 heteroatoms. The van der Waals surface area contributed by atoms with Crippen LogP contribution in [0.2, 0.25) is 10.0 Å². The van der Waals surface area contributed by atoms with E-state index in [1.807, 2.05) is 13.8 Å². The van der Waals surface area contributed by atoms with Crippen LogP contribution in [0.25, 0.3) is 0 Å². The number of piperidine rings is 1. The van der Waals surface area contributed by atoms with Crippen molar-refractivity contribution < 1.29 is 8.42 Å². The summed E-state index contributed by atoms with van der Waals surface area (Å²) in [6.45, 7) is 4.78. The monoisotopic (exact) mass is 336 g/mol. The van der Waals surface area contributed by atoms with Gasteiger partial charge >= 0.3 is 0 Å². The molecule has 1 saturated heterocycles. The summed E-state index contributed by atoms with van der Waals surface area (Å²) in [4.78, 5) is 0.165. The van der Waals surface area contributed by atoms with Gasteiger partial charge in [0.1, 0.15) is 0 Å². The van der Waals surface area contributed by atoms with Crippen LogP contribution in [-0.2, 0) is 10.0 Å². The summed E-state index contributed by atoms with van der Waals surface area (Å²) >= 11 is 11.7. The summed E-state index contributed by atoms with van der Waals surface area (Å²) in [5.41, 5.74) is 5.79. The second-order valence-electron chi connectivity index (χ2n) is 5.80. The summed E-state index contributed by atoms with van der Waals surface area (Å²) < 4.78 is 26.7. The van der Waals surface area contributed by atoms with Crippen LogP contribution in [0.15, 0.2) is 23.1 Å². The molecule has 0 spiro atoms. The third kappa shape index (κ3) is 2.97. The Labute approximate surface area is 129 Å². The lowest BCUT2D eigenvalue weighted by Gasteiger charge is -2.41. The van der Waals surface area contributed by atoms with Crippen LogP contribution in [0.5, 0.6) is 0 Å². The Balaban J connectivity index is 2.33. The van der Waals surface area contributed by atoms with Crippen molar-refractivity contribution in [2.24, 2.45) is 11.1 Å². The van der Waals surface area contributed by atoms with Gasteiger partial charge in [-0.3, -0.25) is 0 Å². The fourth-order valence-corrected chi connectivity index (χ4v) is 4.33. The molecule has 1 heterocycles. The van der Waals surface area contributed by atoms with Crippen LogP contribution >= 0.6 is 23.2 Å². The predicted octanol–water partition coefficient (Wildman–Crippen LogP) is 2.74. The first-order chi connectivity index (χ1) is 9.14. The van der Waals surface area contributed by atoms with Crippen molar-refractivity contribution in [2.45, 2.75) is 31.2 Å². The van der Waals surface area contributed by atoms with E-state index in [-0.39, 0.29) is 21.4 Å². The number of nitrogens with two attached hydrogens (primary N) is 1. The highest BCUT2D eigenvalue weighted by molar-refractivity contribution is 7.89. The van der Waals surface area contributed by atoms with E-state index < -0.39 is 10.0 Å². The molecule has 1 unspecified atom stereocenters. The number of benzene rings is 1. The van der Waals surface area contributed by atoms with Crippen LogP contribution in [0.3, 0.4) is 0 Å². The fraction of sp³-hybridized carbons (Fsp3) is 0.538. The molecular formula is C13H18Cl2N2O2S. The Morgan fingerprint density at radius 3 is 2.50 bits per heavy atom. The Kier molecular flexibility index (Phi) is 4.38. The fourth-order valence-electron chi connectivity index (χ4n) is 2.32. The molecular weight excluding hydrogens is 319 g/mol. The molecule has 4 nitrogen and oxygen atoms in total. The lowest BCUT2D eigenvalue weighted by Crippen LogP contribution is -2.53. The maximum absolute atomic E-state index is 12.6. The largest absolute Gasteiger partial charge is 0.327 e. The van der Waals surface area contributed by atoms with Gasteiger partial charge in [0.2, 0.25) is 10.0 Å². The van der Waals surface area contributed by atoms with Crippen molar-refractivity contribution in [3.63, 3.8) is 0 Å². The van der Waals surface area contributed by atoms with Gasteiger partial charge in [0.25, 0.3) is 0 Å². The number of halogens is 2. The average Bonchev–Trinajstić information content (AvgIpc) is 2.35. The highest BCUT2D eigenvalue weighted by atomic mass is 35.5. The zero-order valence-corrected chi connectivity index (χ0v) is 13.8. The summed E-state index contributed by atoms with van der Waals surface area (Å²) in [5.74, 6) is 0. The van der Waals surface area contributed by atoms with E-state index in [4.69, 9.17) is 28.9 Å². The SMILES string of the molecule is CC1(C)CN(S(=O)(=O)c2ccc(Cl)c(Cl)c2)CCC1N. The third-order valence-corrected chi connectivity index (χ3v) is 6.39. The zero-order chi connectivity index (χ0) is 15.1. The van der Waals surface area contributed by atoms with Crippen molar-refractivity contribution in [3.05, 3.63) is 28.2 Å². The molecule has 20 heavy (non-hydrogen) atoms. The minimum absolute atomic E-state index is 0.00255. The van der Waals surface area contributed by atoms with Gasteiger partial charge in [-0.25, -0.2) is 8.42 Å². The standard InChI is InChI=1S/C13H18Cl2N2O2S/c1-13(2)8-17(6-5-12(13)16)20(18,19)9-3-4-10(14)11(15)7-9/h3-4,7,12H,5-6,8,16H2,1-2H3. The van der Waals surface area contributed by atoms with Crippen LogP contribution in [-0.4, -0.2) is 31.9 Å². The second-order valence-corrected chi connectivity index (χ2v) is 8.55. The lowest BCUT2D eigenvalue weighted by molar-refractivity contribution is 0.155. The molecule has 0 amide bonds. The predicted molar refractivity (Wildman–Crippen MR) is 81.6 cm³/mol. The van der Waals surface area contributed by atoms with Gasteiger partial charge in [0.15, 0.2) is 0 Å². The van der Waals surface area contributed by atoms with Gasteiger partial charge in [-0.1, -0.05) is 37.0 Å². The van der Waals surface area contributed by atoms with Crippen molar-refractivity contribution in [1.82, 2.24) is 4.31 Å². The molecule has 0 aliphatic carbocycles. The number of hydrogen-bond donors (Lipinski definition) is 1. The van der Waals surface area contributed by atoms with Gasteiger partial charge < -0.3 is 5.73 Å². The number of hydrogen-bond acceptors (Lipinski definition) is 3. The molecule has 0 bridgehead atoms. The van der Waals surface area contributed by atoms with Gasteiger partial charge in [0, 0.05) is 19.1 Å². The molecule has 1 atom stereocenters. The van der Waals surface area contributed by atoms with E-state index >= 15 is 0 Å². The summed E-state index contributed by atoms with van der Waals surface area (Å²) in [6.07, 6.45) is 0.646. The van der Waals surface area contributed by atoms with Gasteiger partial charge in [-0.15, -0.1) is 0 Å². The molecule has 2 rings (SSSR count). The van der Waals surface area contributed by atoms with E-state index in [0.717, 1.165) is 0 Å². The van der Waals surface area contributed by atoms with E-state index in [0.29, 0.717) is 24.5 Å². The van der Waals surface area contributed by atoms with Crippen LogP contribution in [0.1, 0.15) is 20.3 Å². The molecule has 0 aromatic heterocycles. The minimum Gasteiger partial charge on any atom is -0.327 e. The molecule has 1 aliphatic rings. The molecule has 1 aliphatic heterocycles. The van der Waals surface area contributed by atoms with Gasteiger partial charge in [-0.05, 0) is 30.0 Å². The van der Waals surface area contributed by atoms with E-state index in [1.54, 1.807) is 0 Å². The Hall–Kier alpha value is -0.330. The van der Waals surface area contributed by atoms with Crippen molar-refractivity contribution >= 4 is 33.2 Å². The Morgan fingerprint density at radius 1 is 1.30 bits per heavy atom. The minimum atomic E-state index is -3.56.